The molecular weight excluding hydrogens is 452 g/mol. The molecule has 0 saturated carbocycles. The molecule has 1 saturated heterocycles. The summed E-state index contributed by atoms with van der Waals surface area (Å²) in [6.07, 6.45) is 2.35. The lowest BCUT2D eigenvalue weighted by Gasteiger charge is -2.34. The van der Waals surface area contributed by atoms with Gasteiger partial charge in [-0.15, -0.1) is 0 Å². The molecule has 1 aromatic heterocycles. The third-order valence-electron chi connectivity index (χ3n) is 6.26. The third kappa shape index (κ3) is 4.26. The fraction of sp³-hybridized carbons (Fsp3) is 0.360. The van der Waals surface area contributed by atoms with E-state index in [-0.39, 0.29) is 41.7 Å². The van der Waals surface area contributed by atoms with Crippen molar-refractivity contribution in [1.82, 2.24) is 14.1 Å². The van der Waals surface area contributed by atoms with Crippen molar-refractivity contribution in [3.63, 3.8) is 0 Å². The summed E-state index contributed by atoms with van der Waals surface area (Å²) in [4.78, 5) is 13.4. The van der Waals surface area contributed by atoms with Gasteiger partial charge in [-0.3, -0.25) is 4.79 Å². The Bertz CT molecular complexity index is 1310. The quantitative estimate of drug-likeness (QED) is 0.604. The largest absolute Gasteiger partial charge is 0.373 e. The second kappa shape index (κ2) is 8.98. The van der Waals surface area contributed by atoms with E-state index in [0.29, 0.717) is 5.82 Å². The van der Waals surface area contributed by atoms with Crippen LogP contribution in [0.3, 0.4) is 0 Å². The number of benzene rings is 2. The minimum Gasteiger partial charge on any atom is -0.373 e. The Balaban J connectivity index is 1.44. The first-order valence-corrected chi connectivity index (χ1v) is 13.0. The number of para-hydroxylation sites is 1. The average molecular weight is 481 g/mol. The van der Waals surface area contributed by atoms with Gasteiger partial charge in [0.05, 0.1) is 28.5 Å². The molecule has 1 aliphatic carbocycles. The minimum atomic E-state index is -3.75. The molecule has 2 unspecified atom stereocenters. The van der Waals surface area contributed by atoms with E-state index in [1.165, 1.54) is 16.4 Å². The highest BCUT2D eigenvalue weighted by Crippen LogP contribution is 2.31. The van der Waals surface area contributed by atoms with Crippen LogP contribution >= 0.6 is 0 Å². The number of carbonyl (C=O) groups excluding carboxylic acids is 1. The van der Waals surface area contributed by atoms with Crippen molar-refractivity contribution in [2.24, 2.45) is 0 Å². The summed E-state index contributed by atoms with van der Waals surface area (Å²) >= 11 is 0. The Hall–Kier alpha value is -3.01. The van der Waals surface area contributed by atoms with Crippen LogP contribution in [0.15, 0.2) is 59.5 Å². The number of morpholine rings is 1. The highest BCUT2D eigenvalue weighted by molar-refractivity contribution is 7.89. The number of sulfonamides is 1. The van der Waals surface area contributed by atoms with Crippen LogP contribution in [0.5, 0.6) is 0 Å². The average Bonchev–Trinajstić information content (AvgIpc) is 3.42. The summed E-state index contributed by atoms with van der Waals surface area (Å²) in [6, 6.07) is 15.9. The summed E-state index contributed by atoms with van der Waals surface area (Å²) in [6.45, 7) is 4.28. The molecule has 1 aliphatic heterocycles. The first-order valence-electron chi connectivity index (χ1n) is 11.6. The Morgan fingerprint density at radius 3 is 2.50 bits per heavy atom. The fourth-order valence-electron chi connectivity index (χ4n) is 4.73. The van der Waals surface area contributed by atoms with Crippen molar-refractivity contribution in [2.75, 3.05) is 18.4 Å². The van der Waals surface area contributed by atoms with Gasteiger partial charge in [0.15, 0.2) is 0 Å². The number of carbonyl (C=O) groups is 1. The number of nitrogens with one attached hydrogen (secondary N) is 1. The molecule has 2 atom stereocenters. The van der Waals surface area contributed by atoms with E-state index in [1.807, 2.05) is 44.2 Å². The molecule has 3 aromatic rings. The van der Waals surface area contributed by atoms with E-state index in [9.17, 15) is 13.2 Å². The zero-order chi connectivity index (χ0) is 23.9. The third-order valence-corrected chi connectivity index (χ3v) is 8.09. The number of nitrogens with zero attached hydrogens (tertiary/aromatic N) is 3. The van der Waals surface area contributed by atoms with Gasteiger partial charge >= 0.3 is 0 Å². The van der Waals surface area contributed by atoms with E-state index in [2.05, 4.69) is 5.32 Å². The molecule has 1 amide bonds. The van der Waals surface area contributed by atoms with Crippen molar-refractivity contribution in [2.45, 2.75) is 50.2 Å². The molecule has 1 fully saturated rings. The van der Waals surface area contributed by atoms with Gasteiger partial charge in [-0.25, -0.2) is 13.1 Å². The Labute approximate surface area is 199 Å². The maximum Gasteiger partial charge on any atom is 0.256 e. The molecule has 0 radical (unpaired) electrons. The topological polar surface area (TPSA) is 93.5 Å². The Morgan fingerprint density at radius 1 is 1.03 bits per heavy atom. The zero-order valence-electron chi connectivity index (χ0n) is 19.3. The normalized spacial score (nSPS) is 20.8. The van der Waals surface area contributed by atoms with Gasteiger partial charge in [-0.2, -0.15) is 9.40 Å². The maximum absolute atomic E-state index is 13.3. The highest BCUT2D eigenvalue weighted by atomic mass is 32.2. The number of amides is 1. The summed E-state index contributed by atoms with van der Waals surface area (Å²) in [5.74, 6) is 0.278. The number of anilines is 1. The lowest BCUT2D eigenvalue weighted by Crippen LogP contribution is -2.48. The van der Waals surface area contributed by atoms with Crippen LogP contribution < -0.4 is 5.32 Å². The van der Waals surface area contributed by atoms with Crippen LogP contribution in [0, 0.1) is 0 Å². The van der Waals surface area contributed by atoms with Gasteiger partial charge in [0.25, 0.3) is 5.91 Å². The summed E-state index contributed by atoms with van der Waals surface area (Å²) in [5, 5.41) is 7.74. The van der Waals surface area contributed by atoms with Crippen LogP contribution in [-0.4, -0.2) is 53.7 Å². The molecular formula is C25H28N4O4S. The first-order chi connectivity index (χ1) is 16.3. The second-order valence-corrected chi connectivity index (χ2v) is 10.9. The standard InChI is InChI=1S/C25H28N4O4S/c1-17-15-28(16-18(2)33-17)34(31,32)21-11-6-8-19(14-21)25(30)26-24-22-12-7-13-23(22)27-29(24)20-9-4-3-5-10-20/h3-6,8-11,14,17-18H,7,12-13,15-16H2,1-2H3,(H,26,30). The van der Waals surface area contributed by atoms with Crippen molar-refractivity contribution in [1.29, 1.82) is 0 Å². The lowest BCUT2D eigenvalue weighted by atomic mass is 10.2. The molecule has 2 aromatic carbocycles. The van der Waals surface area contributed by atoms with E-state index < -0.39 is 10.0 Å². The second-order valence-electron chi connectivity index (χ2n) is 8.94. The van der Waals surface area contributed by atoms with Gasteiger partial charge in [-0.05, 0) is 63.4 Å². The number of aryl methyl sites for hydroxylation is 1. The van der Waals surface area contributed by atoms with E-state index in [4.69, 9.17) is 9.84 Å². The summed E-state index contributed by atoms with van der Waals surface area (Å²) < 4.78 is 35.4. The molecule has 34 heavy (non-hydrogen) atoms. The van der Waals surface area contributed by atoms with Crippen LogP contribution in [0.25, 0.3) is 5.69 Å². The van der Waals surface area contributed by atoms with Gasteiger partial charge in [-0.1, -0.05) is 24.3 Å². The number of fused-ring (bicyclic) bond motifs is 1. The number of aromatic nitrogens is 2. The van der Waals surface area contributed by atoms with Gasteiger partial charge in [0.1, 0.15) is 5.82 Å². The SMILES string of the molecule is CC1CN(S(=O)(=O)c2cccc(C(=O)Nc3c4c(nn3-c3ccccc3)CCC4)c2)CC(C)O1. The summed E-state index contributed by atoms with van der Waals surface area (Å²) in [7, 11) is -3.75. The predicted octanol–water partition coefficient (Wildman–Crippen LogP) is 3.41. The number of hydrogen-bond donors (Lipinski definition) is 1. The molecule has 178 valence electrons. The van der Waals surface area contributed by atoms with E-state index >= 15 is 0 Å². The van der Waals surface area contributed by atoms with Crippen LogP contribution in [0.1, 0.15) is 41.9 Å². The number of rotatable bonds is 5. The molecule has 2 heterocycles. The smallest absolute Gasteiger partial charge is 0.256 e. The number of ether oxygens (including phenoxy) is 1. The van der Waals surface area contributed by atoms with Crippen molar-refractivity contribution in [3.05, 3.63) is 71.4 Å². The van der Waals surface area contributed by atoms with E-state index in [1.54, 1.807) is 16.8 Å². The molecule has 5 rings (SSSR count). The van der Waals surface area contributed by atoms with Gasteiger partial charge in [0, 0.05) is 24.2 Å². The molecule has 1 N–H and O–H groups in total. The van der Waals surface area contributed by atoms with E-state index in [0.717, 1.165) is 36.2 Å². The Morgan fingerprint density at radius 2 is 1.76 bits per heavy atom. The van der Waals surface area contributed by atoms with Crippen molar-refractivity contribution >= 4 is 21.7 Å². The molecule has 8 nitrogen and oxygen atoms in total. The van der Waals surface area contributed by atoms with Crippen LogP contribution in [0.2, 0.25) is 0 Å². The Kier molecular flexibility index (Phi) is 6.01. The van der Waals surface area contributed by atoms with Crippen LogP contribution in [-0.2, 0) is 27.6 Å². The van der Waals surface area contributed by atoms with Crippen molar-refractivity contribution in [3.8, 4) is 5.69 Å². The molecule has 2 aliphatic rings. The zero-order valence-corrected chi connectivity index (χ0v) is 20.1. The highest BCUT2D eigenvalue weighted by Gasteiger charge is 2.32. The monoisotopic (exact) mass is 480 g/mol. The molecule has 0 bridgehead atoms. The number of hydrogen-bond acceptors (Lipinski definition) is 5. The minimum absolute atomic E-state index is 0.100. The summed E-state index contributed by atoms with van der Waals surface area (Å²) in [5.41, 5.74) is 3.17. The van der Waals surface area contributed by atoms with Gasteiger partial charge in [0.2, 0.25) is 10.0 Å². The van der Waals surface area contributed by atoms with Crippen LogP contribution in [0.4, 0.5) is 5.82 Å². The molecule has 9 heteroatoms. The maximum atomic E-state index is 13.3. The first kappa shape index (κ1) is 22.8. The van der Waals surface area contributed by atoms with Crippen molar-refractivity contribution < 1.29 is 17.9 Å². The lowest BCUT2D eigenvalue weighted by molar-refractivity contribution is -0.0440. The van der Waals surface area contributed by atoms with Gasteiger partial charge < -0.3 is 10.1 Å². The predicted molar refractivity (Wildman–Crippen MR) is 129 cm³/mol. The molecule has 0 spiro atoms. The fourth-order valence-corrected chi connectivity index (χ4v) is 6.37.